The third-order valence-electron chi connectivity index (χ3n) is 4.42. The van der Waals surface area contributed by atoms with E-state index >= 15 is 0 Å². The molecule has 0 saturated heterocycles. The third-order valence-corrected chi connectivity index (χ3v) is 4.42. The van der Waals surface area contributed by atoms with Gasteiger partial charge in [-0.1, -0.05) is 6.07 Å². The molecule has 0 fully saturated rings. The fraction of sp³-hybridized carbons (Fsp3) is 0.182. The van der Waals surface area contributed by atoms with Crippen LogP contribution in [0.3, 0.4) is 0 Å². The molecular formula is C22H21N7O2. The number of carbonyl (C=O) groups is 2. The first-order valence-electron chi connectivity index (χ1n) is 9.80. The normalized spacial score (nSPS) is 10.9. The Morgan fingerprint density at radius 1 is 1.00 bits per heavy atom. The van der Waals surface area contributed by atoms with Gasteiger partial charge in [-0.05, 0) is 44.2 Å². The summed E-state index contributed by atoms with van der Waals surface area (Å²) >= 11 is 0. The highest BCUT2D eigenvalue weighted by atomic mass is 16.2. The topological polar surface area (TPSA) is 115 Å². The van der Waals surface area contributed by atoms with Crippen LogP contribution in [-0.2, 0) is 6.54 Å². The molecule has 31 heavy (non-hydrogen) atoms. The number of hydrogen-bond donors (Lipinski definition) is 2. The van der Waals surface area contributed by atoms with Crippen LogP contribution in [0.5, 0.6) is 0 Å². The Morgan fingerprint density at radius 2 is 1.81 bits per heavy atom. The first kappa shape index (κ1) is 20.1. The van der Waals surface area contributed by atoms with Crippen molar-refractivity contribution < 1.29 is 9.59 Å². The standard InChI is InChI=1S/C22H21N7O2/c1-14(2)27-22(31)19-6-3-5-18(28-19)21(30)25-10-15-11-26-29(13-15)16-9-20-17(24-12-16)7-4-8-23-20/h3-9,11-14H,10H2,1-2H3,(H,25,30)(H,27,31). The number of amides is 2. The Bertz CT molecular complexity index is 1250. The van der Waals surface area contributed by atoms with Crippen molar-refractivity contribution >= 4 is 22.8 Å². The highest BCUT2D eigenvalue weighted by molar-refractivity contribution is 5.96. The van der Waals surface area contributed by atoms with Crippen LogP contribution >= 0.6 is 0 Å². The molecule has 0 spiro atoms. The van der Waals surface area contributed by atoms with Crippen LogP contribution in [0.2, 0.25) is 0 Å². The van der Waals surface area contributed by atoms with Crippen LogP contribution in [0.25, 0.3) is 16.7 Å². The predicted octanol–water partition coefficient (Wildman–Crippen LogP) is 2.28. The van der Waals surface area contributed by atoms with E-state index in [-0.39, 0.29) is 35.8 Å². The lowest BCUT2D eigenvalue weighted by Gasteiger charge is -2.08. The molecule has 156 valence electrons. The molecule has 2 N–H and O–H groups in total. The molecule has 4 aromatic rings. The number of carbonyl (C=O) groups excluding carboxylic acids is 2. The zero-order valence-corrected chi connectivity index (χ0v) is 17.1. The van der Waals surface area contributed by atoms with Crippen molar-refractivity contribution in [2.45, 2.75) is 26.4 Å². The quantitative estimate of drug-likeness (QED) is 0.499. The molecule has 0 bridgehead atoms. The van der Waals surface area contributed by atoms with Gasteiger partial charge in [-0.15, -0.1) is 0 Å². The van der Waals surface area contributed by atoms with Gasteiger partial charge in [-0.2, -0.15) is 5.10 Å². The van der Waals surface area contributed by atoms with E-state index in [1.807, 2.05) is 38.2 Å². The van der Waals surface area contributed by atoms with E-state index in [4.69, 9.17) is 0 Å². The number of rotatable bonds is 6. The van der Waals surface area contributed by atoms with E-state index in [2.05, 4.69) is 30.7 Å². The van der Waals surface area contributed by atoms with Gasteiger partial charge < -0.3 is 10.6 Å². The minimum Gasteiger partial charge on any atom is -0.349 e. The van der Waals surface area contributed by atoms with Gasteiger partial charge in [0.05, 0.1) is 29.1 Å². The van der Waals surface area contributed by atoms with Gasteiger partial charge in [0, 0.05) is 30.5 Å². The number of nitrogens with zero attached hydrogens (tertiary/aromatic N) is 5. The molecule has 9 nitrogen and oxygen atoms in total. The Hall–Kier alpha value is -4.14. The lowest BCUT2D eigenvalue weighted by molar-refractivity contribution is 0.0936. The zero-order chi connectivity index (χ0) is 21.8. The van der Waals surface area contributed by atoms with Crippen molar-refractivity contribution in [2.75, 3.05) is 0 Å². The highest BCUT2D eigenvalue weighted by Crippen LogP contribution is 2.14. The largest absolute Gasteiger partial charge is 0.349 e. The van der Waals surface area contributed by atoms with Crippen molar-refractivity contribution in [3.63, 3.8) is 0 Å². The molecule has 9 heteroatoms. The molecule has 4 rings (SSSR count). The van der Waals surface area contributed by atoms with E-state index in [1.54, 1.807) is 41.5 Å². The minimum atomic E-state index is -0.372. The molecule has 0 radical (unpaired) electrons. The lowest BCUT2D eigenvalue weighted by Crippen LogP contribution is -2.31. The molecular weight excluding hydrogens is 394 g/mol. The SMILES string of the molecule is CC(C)NC(=O)c1cccc(C(=O)NCc2cnn(-c3cnc4cccnc4c3)c2)n1. The number of hydrogen-bond acceptors (Lipinski definition) is 6. The molecule has 4 heterocycles. The average molecular weight is 415 g/mol. The van der Waals surface area contributed by atoms with Crippen LogP contribution in [0.15, 0.2) is 61.2 Å². The van der Waals surface area contributed by atoms with Crippen LogP contribution in [-0.4, -0.2) is 42.6 Å². The van der Waals surface area contributed by atoms with E-state index in [0.29, 0.717) is 0 Å². The molecule has 0 aliphatic carbocycles. The Morgan fingerprint density at radius 3 is 2.61 bits per heavy atom. The van der Waals surface area contributed by atoms with Crippen LogP contribution in [0.1, 0.15) is 40.4 Å². The van der Waals surface area contributed by atoms with Gasteiger partial charge in [-0.3, -0.25) is 19.6 Å². The zero-order valence-electron chi connectivity index (χ0n) is 17.1. The highest BCUT2D eigenvalue weighted by Gasteiger charge is 2.13. The summed E-state index contributed by atoms with van der Waals surface area (Å²) in [4.78, 5) is 37.4. The smallest absolute Gasteiger partial charge is 0.270 e. The van der Waals surface area contributed by atoms with Gasteiger partial charge in [0.1, 0.15) is 11.4 Å². The minimum absolute atomic E-state index is 0.0168. The molecule has 0 unspecified atom stereocenters. The second kappa shape index (κ2) is 8.70. The van der Waals surface area contributed by atoms with Crippen molar-refractivity contribution in [3.05, 3.63) is 78.1 Å². The van der Waals surface area contributed by atoms with Crippen molar-refractivity contribution in [2.24, 2.45) is 0 Å². The summed E-state index contributed by atoms with van der Waals surface area (Å²) in [7, 11) is 0. The first-order chi connectivity index (χ1) is 15.0. The summed E-state index contributed by atoms with van der Waals surface area (Å²) in [5, 5.41) is 9.90. The second-order valence-electron chi connectivity index (χ2n) is 7.25. The first-order valence-corrected chi connectivity index (χ1v) is 9.80. The Balaban J connectivity index is 1.42. The Labute approximate surface area is 178 Å². The van der Waals surface area contributed by atoms with Crippen molar-refractivity contribution in [1.29, 1.82) is 0 Å². The average Bonchev–Trinajstić information content (AvgIpc) is 3.26. The van der Waals surface area contributed by atoms with Gasteiger partial charge in [0.15, 0.2) is 0 Å². The number of fused-ring (bicyclic) bond motifs is 1. The van der Waals surface area contributed by atoms with Gasteiger partial charge in [-0.25, -0.2) is 9.67 Å². The molecule has 4 aromatic heterocycles. The Kier molecular flexibility index (Phi) is 5.65. The van der Waals surface area contributed by atoms with E-state index in [0.717, 1.165) is 22.3 Å². The second-order valence-corrected chi connectivity index (χ2v) is 7.25. The van der Waals surface area contributed by atoms with E-state index in [1.165, 1.54) is 0 Å². The molecule has 0 aliphatic rings. The summed E-state index contributed by atoms with van der Waals surface area (Å²) in [5.74, 6) is -0.687. The molecule has 0 aromatic carbocycles. The fourth-order valence-electron chi connectivity index (χ4n) is 2.96. The van der Waals surface area contributed by atoms with E-state index < -0.39 is 0 Å². The summed E-state index contributed by atoms with van der Waals surface area (Å²) < 4.78 is 1.68. The number of aromatic nitrogens is 5. The van der Waals surface area contributed by atoms with Crippen LogP contribution < -0.4 is 10.6 Å². The van der Waals surface area contributed by atoms with Crippen LogP contribution in [0, 0.1) is 0 Å². The van der Waals surface area contributed by atoms with Gasteiger partial charge in [0.2, 0.25) is 0 Å². The summed E-state index contributed by atoms with van der Waals surface area (Å²) in [6.45, 7) is 3.99. The third kappa shape index (κ3) is 4.72. The van der Waals surface area contributed by atoms with Crippen LogP contribution in [0.4, 0.5) is 0 Å². The molecule has 0 atom stereocenters. The van der Waals surface area contributed by atoms with Crippen molar-refractivity contribution in [1.82, 2.24) is 35.4 Å². The summed E-state index contributed by atoms with van der Waals surface area (Å²) in [5.41, 5.74) is 3.54. The molecule has 2 amide bonds. The summed E-state index contributed by atoms with van der Waals surface area (Å²) in [6, 6.07) is 10.4. The maximum atomic E-state index is 12.5. The molecule has 0 saturated carbocycles. The van der Waals surface area contributed by atoms with E-state index in [9.17, 15) is 9.59 Å². The number of nitrogens with one attached hydrogen (secondary N) is 2. The number of pyridine rings is 3. The van der Waals surface area contributed by atoms with Crippen molar-refractivity contribution in [3.8, 4) is 5.69 Å². The maximum absolute atomic E-state index is 12.5. The lowest BCUT2D eigenvalue weighted by atomic mass is 10.2. The van der Waals surface area contributed by atoms with Gasteiger partial charge in [0.25, 0.3) is 11.8 Å². The fourth-order valence-corrected chi connectivity index (χ4v) is 2.96. The maximum Gasteiger partial charge on any atom is 0.270 e. The predicted molar refractivity (Wildman–Crippen MR) is 115 cm³/mol. The van der Waals surface area contributed by atoms with Gasteiger partial charge >= 0.3 is 0 Å². The summed E-state index contributed by atoms with van der Waals surface area (Å²) in [6.07, 6.45) is 6.92. The monoisotopic (exact) mass is 415 g/mol. The molecule has 0 aliphatic heterocycles.